The summed E-state index contributed by atoms with van der Waals surface area (Å²) in [5.41, 5.74) is 2.04. The molecule has 5 heteroatoms. The minimum Gasteiger partial charge on any atom is -0.357 e. The molecule has 0 saturated carbocycles. The number of rotatable bonds is 2. The van der Waals surface area contributed by atoms with Crippen LogP contribution in [0.3, 0.4) is 0 Å². The van der Waals surface area contributed by atoms with Gasteiger partial charge < -0.3 is 9.72 Å². The zero-order valence-electron chi connectivity index (χ0n) is 8.97. The molecular formula is C11H14N4O. The third-order valence-corrected chi connectivity index (χ3v) is 2.86. The van der Waals surface area contributed by atoms with E-state index in [1.807, 2.05) is 17.1 Å². The van der Waals surface area contributed by atoms with E-state index in [1.54, 1.807) is 12.5 Å². The van der Waals surface area contributed by atoms with E-state index >= 15 is 0 Å². The van der Waals surface area contributed by atoms with Gasteiger partial charge in [0.15, 0.2) is 0 Å². The molecule has 0 radical (unpaired) electrons. The summed E-state index contributed by atoms with van der Waals surface area (Å²) in [5, 5.41) is 4.34. The van der Waals surface area contributed by atoms with Gasteiger partial charge in [-0.15, -0.1) is 0 Å². The highest BCUT2D eigenvalue weighted by molar-refractivity contribution is 5.55. The van der Waals surface area contributed by atoms with E-state index in [-0.39, 0.29) is 6.23 Å². The predicted octanol–water partition coefficient (Wildman–Crippen LogP) is 1.97. The number of aromatic amines is 1. The first-order chi connectivity index (χ1) is 7.93. The second-order valence-electron chi connectivity index (χ2n) is 4.00. The van der Waals surface area contributed by atoms with E-state index in [4.69, 9.17) is 4.74 Å². The van der Waals surface area contributed by atoms with Crippen LogP contribution < -0.4 is 0 Å². The third kappa shape index (κ3) is 1.74. The molecule has 1 fully saturated rings. The van der Waals surface area contributed by atoms with Crippen LogP contribution >= 0.6 is 0 Å². The highest BCUT2D eigenvalue weighted by atomic mass is 16.5. The monoisotopic (exact) mass is 218 g/mol. The molecular weight excluding hydrogens is 204 g/mol. The second-order valence-corrected chi connectivity index (χ2v) is 4.00. The van der Waals surface area contributed by atoms with E-state index in [0.29, 0.717) is 0 Å². The average molecular weight is 218 g/mol. The maximum absolute atomic E-state index is 5.67. The summed E-state index contributed by atoms with van der Waals surface area (Å²) in [4.78, 5) is 7.06. The summed E-state index contributed by atoms with van der Waals surface area (Å²) >= 11 is 0. The SMILES string of the molecule is c1ncc(-c2cnn(C3CCCCO3)c2)[nH]1. The lowest BCUT2D eigenvalue weighted by atomic mass is 10.2. The van der Waals surface area contributed by atoms with Crippen molar-refractivity contribution in [1.29, 1.82) is 0 Å². The van der Waals surface area contributed by atoms with Crippen molar-refractivity contribution >= 4 is 0 Å². The van der Waals surface area contributed by atoms with Gasteiger partial charge in [0, 0.05) is 18.4 Å². The molecule has 5 nitrogen and oxygen atoms in total. The largest absolute Gasteiger partial charge is 0.357 e. The van der Waals surface area contributed by atoms with E-state index in [1.165, 1.54) is 6.42 Å². The van der Waals surface area contributed by atoms with E-state index in [9.17, 15) is 0 Å². The summed E-state index contributed by atoms with van der Waals surface area (Å²) in [7, 11) is 0. The lowest BCUT2D eigenvalue weighted by molar-refractivity contribution is -0.0394. The molecule has 0 aromatic carbocycles. The first-order valence-electron chi connectivity index (χ1n) is 5.58. The standard InChI is InChI=1S/C11H14N4O/c1-2-4-16-11(3-1)15-7-9(5-14-15)10-6-12-8-13-10/h5-8,11H,1-4H2,(H,12,13). The average Bonchev–Trinajstić information content (AvgIpc) is 3.01. The number of imidazole rings is 1. The Labute approximate surface area is 93.5 Å². The van der Waals surface area contributed by atoms with Crippen LogP contribution in [0.25, 0.3) is 11.3 Å². The zero-order chi connectivity index (χ0) is 10.8. The molecule has 1 aliphatic rings. The number of ether oxygens (including phenoxy) is 1. The van der Waals surface area contributed by atoms with E-state index in [0.717, 1.165) is 30.7 Å². The van der Waals surface area contributed by atoms with Gasteiger partial charge in [0.2, 0.25) is 0 Å². The Morgan fingerprint density at radius 1 is 1.38 bits per heavy atom. The van der Waals surface area contributed by atoms with Crippen molar-refractivity contribution in [2.75, 3.05) is 6.61 Å². The fraction of sp³-hybridized carbons (Fsp3) is 0.455. The van der Waals surface area contributed by atoms with Gasteiger partial charge in [-0.25, -0.2) is 9.67 Å². The Bertz CT molecular complexity index is 442. The lowest BCUT2D eigenvalue weighted by Gasteiger charge is -2.22. The number of H-pyrrole nitrogens is 1. The Hall–Kier alpha value is -1.62. The van der Waals surface area contributed by atoms with Gasteiger partial charge in [-0.05, 0) is 19.3 Å². The summed E-state index contributed by atoms with van der Waals surface area (Å²) < 4.78 is 7.57. The maximum Gasteiger partial charge on any atom is 0.150 e. The molecule has 0 spiro atoms. The third-order valence-electron chi connectivity index (χ3n) is 2.86. The molecule has 1 unspecified atom stereocenters. The summed E-state index contributed by atoms with van der Waals surface area (Å²) in [6.45, 7) is 0.837. The number of nitrogens with zero attached hydrogens (tertiary/aromatic N) is 3. The number of nitrogens with one attached hydrogen (secondary N) is 1. The second kappa shape index (κ2) is 4.09. The quantitative estimate of drug-likeness (QED) is 0.838. The van der Waals surface area contributed by atoms with Gasteiger partial charge in [-0.1, -0.05) is 0 Å². The number of hydrogen-bond donors (Lipinski definition) is 1. The molecule has 2 aromatic heterocycles. The number of hydrogen-bond acceptors (Lipinski definition) is 3. The number of aromatic nitrogens is 4. The Balaban J connectivity index is 1.82. The minimum absolute atomic E-state index is 0.102. The molecule has 84 valence electrons. The highest BCUT2D eigenvalue weighted by Gasteiger charge is 2.16. The van der Waals surface area contributed by atoms with Crippen molar-refractivity contribution in [3.05, 3.63) is 24.9 Å². The lowest BCUT2D eigenvalue weighted by Crippen LogP contribution is -2.18. The van der Waals surface area contributed by atoms with Crippen molar-refractivity contribution in [3.63, 3.8) is 0 Å². The Morgan fingerprint density at radius 3 is 3.12 bits per heavy atom. The minimum atomic E-state index is 0.102. The topological polar surface area (TPSA) is 55.7 Å². The molecule has 3 rings (SSSR count). The van der Waals surface area contributed by atoms with Crippen molar-refractivity contribution in [3.8, 4) is 11.3 Å². The van der Waals surface area contributed by atoms with Crippen molar-refractivity contribution in [2.45, 2.75) is 25.5 Å². The predicted molar refractivity (Wildman–Crippen MR) is 58.6 cm³/mol. The van der Waals surface area contributed by atoms with Gasteiger partial charge in [-0.3, -0.25) is 0 Å². The van der Waals surface area contributed by atoms with Crippen LogP contribution in [-0.2, 0) is 4.74 Å². The van der Waals surface area contributed by atoms with Crippen molar-refractivity contribution in [1.82, 2.24) is 19.7 Å². The normalized spacial score (nSPS) is 21.1. The van der Waals surface area contributed by atoms with Crippen molar-refractivity contribution in [2.24, 2.45) is 0 Å². The summed E-state index contributed by atoms with van der Waals surface area (Å²) in [5.74, 6) is 0. The van der Waals surface area contributed by atoms with Crippen LogP contribution in [0, 0.1) is 0 Å². The van der Waals surface area contributed by atoms with Gasteiger partial charge in [0.05, 0.1) is 24.4 Å². The fourth-order valence-electron chi connectivity index (χ4n) is 1.98. The fourth-order valence-corrected chi connectivity index (χ4v) is 1.98. The van der Waals surface area contributed by atoms with E-state index < -0.39 is 0 Å². The molecule has 1 saturated heterocycles. The van der Waals surface area contributed by atoms with Crippen LogP contribution in [0.4, 0.5) is 0 Å². The maximum atomic E-state index is 5.67. The van der Waals surface area contributed by atoms with Crippen LogP contribution in [-0.4, -0.2) is 26.4 Å². The Morgan fingerprint density at radius 2 is 2.38 bits per heavy atom. The van der Waals surface area contributed by atoms with Crippen molar-refractivity contribution < 1.29 is 4.74 Å². The molecule has 1 atom stereocenters. The van der Waals surface area contributed by atoms with Gasteiger partial charge in [0.25, 0.3) is 0 Å². The summed E-state index contributed by atoms with van der Waals surface area (Å²) in [6.07, 6.45) is 10.8. The molecule has 0 aliphatic carbocycles. The molecule has 2 aromatic rings. The first kappa shape index (κ1) is 9.59. The van der Waals surface area contributed by atoms with Crippen LogP contribution in [0.1, 0.15) is 25.5 Å². The van der Waals surface area contributed by atoms with E-state index in [2.05, 4.69) is 15.1 Å². The molecule has 16 heavy (non-hydrogen) atoms. The van der Waals surface area contributed by atoms with Crippen LogP contribution in [0.15, 0.2) is 24.9 Å². The molecule has 1 aliphatic heterocycles. The van der Waals surface area contributed by atoms with Gasteiger partial charge in [-0.2, -0.15) is 5.10 Å². The smallest absolute Gasteiger partial charge is 0.150 e. The molecule has 1 N–H and O–H groups in total. The molecule has 3 heterocycles. The van der Waals surface area contributed by atoms with Gasteiger partial charge in [0.1, 0.15) is 6.23 Å². The zero-order valence-corrected chi connectivity index (χ0v) is 8.97. The van der Waals surface area contributed by atoms with Crippen LogP contribution in [0.5, 0.6) is 0 Å². The molecule has 0 amide bonds. The van der Waals surface area contributed by atoms with Crippen LogP contribution in [0.2, 0.25) is 0 Å². The molecule has 0 bridgehead atoms. The Kier molecular flexibility index (Phi) is 2.46. The summed E-state index contributed by atoms with van der Waals surface area (Å²) in [6, 6.07) is 0. The van der Waals surface area contributed by atoms with Gasteiger partial charge >= 0.3 is 0 Å². The highest BCUT2D eigenvalue weighted by Crippen LogP contribution is 2.24. The first-order valence-corrected chi connectivity index (χ1v) is 5.58.